The number of likely N-dealkylation sites (tertiary alicyclic amines) is 1. The fourth-order valence-corrected chi connectivity index (χ4v) is 4.03. The third-order valence-electron chi connectivity index (χ3n) is 5.11. The van der Waals surface area contributed by atoms with E-state index in [9.17, 15) is 5.26 Å². The molecule has 0 aromatic carbocycles. The molecule has 3 heterocycles. The van der Waals surface area contributed by atoms with Crippen LogP contribution in [0.15, 0.2) is 0 Å². The number of fused-ring (bicyclic) bond motifs is 2. The molecule has 21 heavy (non-hydrogen) atoms. The monoisotopic (exact) mass is 287 g/mol. The van der Waals surface area contributed by atoms with Gasteiger partial charge in [0.2, 0.25) is 11.8 Å². The number of hydrogen-bond acceptors (Lipinski definition) is 5. The van der Waals surface area contributed by atoms with Gasteiger partial charge in [0.25, 0.3) is 0 Å². The molecule has 3 atom stereocenters. The second-order valence-corrected chi connectivity index (χ2v) is 6.22. The van der Waals surface area contributed by atoms with Gasteiger partial charge in [0, 0.05) is 23.2 Å². The molecule has 112 valence electrons. The maximum Gasteiger partial charge on any atom is 0.243 e. The van der Waals surface area contributed by atoms with Crippen LogP contribution < -0.4 is 4.74 Å². The van der Waals surface area contributed by atoms with Crippen molar-refractivity contribution in [2.24, 2.45) is 11.8 Å². The van der Waals surface area contributed by atoms with Gasteiger partial charge in [-0.2, -0.15) is 5.26 Å². The molecule has 0 bridgehead atoms. The lowest BCUT2D eigenvalue weighted by atomic mass is 9.58. The minimum atomic E-state index is -0.531. The number of piperidine rings is 1. The molecular weight excluding hydrogens is 266 g/mol. The topological polar surface area (TPSA) is 88.8 Å². The van der Waals surface area contributed by atoms with Crippen LogP contribution in [0.25, 0.3) is 0 Å². The highest BCUT2D eigenvalue weighted by molar-refractivity contribution is 5.85. The highest BCUT2D eigenvalue weighted by Crippen LogP contribution is 2.52. The molecule has 0 aliphatic carbocycles. The van der Waals surface area contributed by atoms with E-state index >= 15 is 0 Å². The standard InChI is InChI=1S/C15H21N5O/c1-4-11-12-14(19-18-11)21-13(17)10(7-16)15(12)5-6-20(3)8-9(15)2/h9-10,17H,4-6,8H2,1-3H3,(H,18,19)/t9-,10?,15?/m1/s1. The molecule has 1 aromatic rings. The first kappa shape index (κ1) is 14.1. The van der Waals surface area contributed by atoms with E-state index in [1.807, 2.05) is 0 Å². The number of nitriles is 1. The summed E-state index contributed by atoms with van der Waals surface area (Å²) in [6, 6.07) is 2.33. The van der Waals surface area contributed by atoms with Crippen molar-refractivity contribution in [2.75, 3.05) is 20.1 Å². The van der Waals surface area contributed by atoms with Gasteiger partial charge in [-0.25, -0.2) is 0 Å². The summed E-state index contributed by atoms with van der Waals surface area (Å²) < 4.78 is 5.53. The van der Waals surface area contributed by atoms with Gasteiger partial charge in [-0.15, -0.1) is 5.10 Å². The van der Waals surface area contributed by atoms with Gasteiger partial charge in [0.05, 0.1) is 6.07 Å². The Hall–Kier alpha value is -1.87. The predicted molar refractivity (Wildman–Crippen MR) is 78.4 cm³/mol. The quantitative estimate of drug-likeness (QED) is 0.822. The van der Waals surface area contributed by atoms with Crippen LogP contribution in [0.4, 0.5) is 0 Å². The van der Waals surface area contributed by atoms with Crippen molar-refractivity contribution in [3.05, 3.63) is 11.3 Å². The number of H-pyrrole nitrogens is 1. The van der Waals surface area contributed by atoms with E-state index in [0.29, 0.717) is 5.88 Å². The second kappa shape index (κ2) is 4.85. The Balaban J connectivity index is 2.22. The van der Waals surface area contributed by atoms with Gasteiger partial charge in [0.15, 0.2) is 0 Å². The highest BCUT2D eigenvalue weighted by atomic mass is 16.5. The number of nitrogens with zero attached hydrogens (tertiary/aromatic N) is 3. The molecular formula is C15H21N5O. The van der Waals surface area contributed by atoms with Gasteiger partial charge in [-0.3, -0.25) is 10.5 Å². The molecule has 6 nitrogen and oxygen atoms in total. The first-order chi connectivity index (χ1) is 10.0. The van der Waals surface area contributed by atoms with Crippen molar-refractivity contribution in [3.8, 4) is 11.9 Å². The average molecular weight is 287 g/mol. The third kappa shape index (κ3) is 1.80. The van der Waals surface area contributed by atoms with Gasteiger partial charge in [0.1, 0.15) is 5.92 Å². The highest BCUT2D eigenvalue weighted by Gasteiger charge is 2.56. The van der Waals surface area contributed by atoms with Crippen molar-refractivity contribution in [3.63, 3.8) is 0 Å². The molecule has 0 radical (unpaired) electrons. The van der Waals surface area contributed by atoms with E-state index in [0.717, 1.165) is 37.2 Å². The van der Waals surface area contributed by atoms with Crippen LogP contribution in [0, 0.1) is 28.6 Å². The van der Waals surface area contributed by atoms with E-state index in [1.165, 1.54) is 0 Å². The maximum atomic E-state index is 9.67. The van der Waals surface area contributed by atoms with E-state index in [4.69, 9.17) is 10.1 Å². The van der Waals surface area contributed by atoms with E-state index in [-0.39, 0.29) is 17.2 Å². The SMILES string of the molecule is CCc1[nH]nc2c1C1(CCN(C)C[C@H]1C)C(C#N)C(=N)O2. The van der Waals surface area contributed by atoms with Crippen molar-refractivity contribution in [1.82, 2.24) is 15.1 Å². The minimum Gasteiger partial charge on any atom is -0.422 e. The molecule has 2 aliphatic heterocycles. The lowest BCUT2D eigenvalue weighted by molar-refractivity contribution is 0.0940. The number of ether oxygens (including phenoxy) is 1. The number of aromatic nitrogens is 2. The number of nitrogens with one attached hydrogen (secondary N) is 2. The first-order valence-corrected chi connectivity index (χ1v) is 7.46. The van der Waals surface area contributed by atoms with Crippen LogP contribution in [0.1, 0.15) is 31.5 Å². The summed E-state index contributed by atoms with van der Waals surface area (Å²) in [5.41, 5.74) is 1.71. The molecule has 2 N–H and O–H groups in total. The summed E-state index contributed by atoms with van der Waals surface area (Å²) >= 11 is 0. The van der Waals surface area contributed by atoms with Crippen LogP contribution in [-0.2, 0) is 11.8 Å². The van der Waals surface area contributed by atoms with Crippen LogP contribution in [0.2, 0.25) is 0 Å². The van der Waals surface area contributed by atoms with Crippen molar-refractivity contribution >= 4 is 5.90 Å². The molecule has 3 rings (SSSR count). The predicted octanol–water partition coefficient (Wildman–Crippen LogP) is 1.69. The fraction of sp³-hybridized carbons (Fsp3) is 0.667. The summed E-state index contributed by atoms with van der Waals surface area (Å²) in [6.45, 7) is 6.08. The Morgan fingerprint density at radius 3 is 3.00 bits per heavy atom. The first-order valence-electron chi connectivity index (χ1n) is 7.46. The molecule has 2 aliphatic rings. The zero-order valence-electron chi connectivity index (χ0n) is 12.7. The number of aryl methyl sites for hydroxylation is 1. The molecule has 6 heteroatoms. The van der Waals surface area contributed by atoms with Crippen LogP contribution >= 0.6 is 0 Å². The van der Waals surface area contributed by atoms with Crippen molar-refractivity contribution in [1.29, 1.82) is 10.7 Å². The number of aromatic amines is 1. The lowest BCUT2D eigenvalue weighted by Gasteiger charge is -2.49. The lowest BCUT2D eigenvalue weighted by Crippen LogP contribution is -2.56. The average Bonchev–Trinajstić information content (AvgIpc) is 2.86. The molecule has 1 aromatic heterocycles. The van der Waals surface area contributed by atoms with Gasteiger partial charge in [-0.05, 0) is 32.4 Å². The van der Waals surface area contributed by atoms with Crippen LogP contribution in [0.3, 0.4) is 0 Å². The van der Waals surface area contributed by atoms with Crippen molar-refractivity contribution < 1.29 is 4.74 Å². The summed E-state index contributed by atoms with van der Waals surface area (Å²) in [6.07, 6.45) is 1.68. The summed E-state index contributed by atoms with van der Waals surface area (Å²) in [4.78, 5) is 2.29. The van der Waals surface area contributed by atoms with Gasteiger partial charge < -0.3 is 9.64 Å². The Bertz CT molecular complexity index is 616. The molecule has 0 amide bonds. The summed E-state index contributed by atoms with van der Waals surface area (Å²) in [5, 5.41) is 25.1. The Morgan fingerprint density at radius 2 is 2.38 bits per heavy atom. The molecule has 1 spiro atoms. The van der Waals surface area contributed by atoms with Gasteiger partial charge >= 0.3 is 0 Å². The molecule has 1 fully saturated rings. The smallest absolute Gasteiger partial charge is 0.243 e. The third-order valence-corrected chi connectivity index (χ3v) is 5.11. The number of rotatable bonds is 1. The van der Waals surface area contributed by atoms with E-state index in [2.05, 4.69) is 42.1 Å². The normalized spacial score (nSPS) is 32.6. The minimum absolute atomic E-state index is 0.0376. The van der Waals surface area contributed by atoms with Crippen molar-refractivity contribution in [2.45, 2.75) is 32.1 Å². The zero-order chi connectivity index (χ0) is 15.2. The Morgan fingerprint density at radius 1 is 1.62 bits per heavy atom. The molecule has 1 saturated heterocycles. The zero-order valence-corrected chi connectivity index (χ0v) is 12.7. The van der Waals surface area contributed by atoms with Gasteiger partial charge in [-0.1, -0.05) is 13.8 Å². The van der Waals surface area contributed by atoms with E-state index < -0.39 is 5.92 Å². The van der Waals surface area contributed by atoms with E-state index in [1.54, 1.807) is 0 Å². The summed E-state index contributed by atoms with van der Waals surface area (Å²) in [7, 11) is 2.10. The Kier molecular flexibility index (Phi) is 3.25. The molecule has 2 unspecified atom stereocenters. The fourth-order valence-electron chi connectivity index (χ4n) is 4.03. The maximum absolute atomic E-state index is 9.67. The van der Waals surface area contributed by atoms with Crippen LogP contribution in [-0.4, -0.2) is 41.1 Å². The second-order valence-electron chi connectivity index (χ2n) is 6.22. The Labute approximate surface area is 124 Å². The molecule has 0 saturated carbocycles. The van der Waals surface area contributed by atoms with Crippen LogP contribution in [0.5, 0.6) is 5.88 Å². The number of hydrogen-bond donors (Lipinski definition) is 2. The summed E-state index contributed by atoms with van der Waals surface area (Å²) in [5.74, 6) is 0.277. The largest absolute Gasteiger partial charge is 0.422 e.